The molecule has 1 rings (SSSR count). The molecule has 1 aromatic carbocycles. The molecular weight excluding hydrogens is 206 g/mol. The van der Waals surface area contributed by atoms with E-state index in [1.54, 1.807) is 19.1 Å². The second-order valence-electron chi connectivity index (χ2n) is 3.38. The van der Waals surface area contributed by atoms with Gasteiger partial charge in [0.2, 0.25) is 5.91 Å². The number of oxime groups is 1. The van der Waals surface area contributed by atoms with Crippen LogP contribution < -0.4 is 11.1 Å². The third-order valence-electron chi connectivity index (χ3n) is 2.23. The number of anilines is 1. The van der Waals surface area contributed by atoms with Crippen LogP contribution in [0.2, 0.25) is 0 Å². The predicted molar refractivity (Wildman–Crippen MR) is 62.6 cm³/mol. The number of hydrogen-bond donors (Lipinski definition) is 3. The molecule has 5 heteroatoms. The first kappa shape index (κ1) is 12.0. The summed E-state index contributed by atoms with van der Waals surface area (Å²) in [7, 11) is 0. The summed E-state index contributed by atoms with van der Waals surface area (Å²) < 4.78 is 0. The predicted octanol–water partition coefficient (Wildman–Crippen LogP) is 1.44. The molecular formula is C11H15N3O2. The van der Waals surface area contributed by atoms with Crippen molar-refractivity contribution in [2.75, 3.05) is 5.32 Å². The van der Waals surface area contributed by atoms with Gasteiger partial charge in [0, 0.05) is 12.0 Å². The first-order chi connectivity index (χ1) is 7.60. The number of carbonyl (C=O) groups is 1. The minimum atomic E-state index is -0.113. The minimum Gasteiger partial charge on any atom is -0.409 e. The van der Waals surface area contributed by atoms with Crippen LogP contribution in [0.4, 0.5) is 5.69 Å². The van der Waals surface area contributed by atoms with Crippen LogP contribution in [0.3, 0.4) is 0 Å². The van der Waals surface area contributed by atoms with E-state index in [1.807, 2.05) is 13.0 Å². The van der Waals surface area contributed by atoms with E-state index in [-0.39, 0.29) is 11.7 Å². The van der Waals surface area contributed by atoms with Gasteiger partial charge in [-0.3, -0.25) is 4.79 Å². The molecule has 0 saturated carbocycles. The SMILES string of the molecule is CCC(=O)Nc1cccc(C)c1/C(N)=N/O. The smallest absolute Gasteiger partial charge is 0.224 e. The molecule has 1 amide bonds. The first-order valence-corrected chi connectivity index (χ1v) is 4.97. The van der Waals surface area contributed by atoms with Crippen LogP contribution in [0.1, 0.15) is 24.5 Å². The highest BCUT2D eigenvalue weighted by atomic mass is 16.4. The topological polar surface area (TPSA) is 87.7 Å². The number of amides is 1. The lowest BCUT2D eigenvalue weighted by Crippen LogP contribution is -2.19. The van der Waals surface area contributed by atoms with Crippen molar-refractivity contribution in [3.05, 3.63) is 29.3 Å². The average molecular weight is 221 g/mol. The largest absolute Gasteiger partial charge is 0.409 e. The van der Waals surface area contributed by atoms with E-state index in [4.69, 9.17) is 10.9 Å². The number of amidine groups is 1. The van der Waals surface area contributed by atoms with Gasteiger partial charge in [-0.2, -0.15) is 0 Å². The highest BCUT2D eigenvalue weighted by molar-refractivity contribution is 6.06. The van der Waals surface area contributed by atoms with Crippen molar-refractivity contribution >= 4 is 17.4 Å². The van der Waals surface area contributed by atoms with E-state index in [1.165, 1.54) is 0 Å². The van der Waals surface area contributed by atoms with Crippen LogP contribution in [0.5, 0.6) is 0 Å². The highest BCUT2D eigenvalue weighted by Crippen LogP contribution is 2.19. The lowest BCUT2D eigenvalue weighted by Gasteiger charge is -2.11. The van der Waals surface area contributed by atoms with E-state index in [2.05, 4.69) is 10.5 Å². The molecule has 0 aliphatic carbocycles. The monoisotopic (exact) mass is 221 g/mol. The van der Waals surface area contributed by atoms with Gasteiger partial charge in [-0.05, 0) is 18.6 Å². The molecule has 1 aromatic rings. The van der Waals surface area contributed by atoms with Gasteiger partial charge in [-0.1, -0.05) is 24.2 Å². The number of nitrogens with two attached hydrogens (primary N) is 1. The maximum absolute atomic E-state index is 11.3. The van der Waals surface area contributed by atoms with Crippen LogP contribution in [0.15, 0.2) is 23.4 Å². The Balaban J connectivity index is 3.18. The van der Waals surface area contributed by atoms with Gasteiger partial charge in [-0.15, -0.1) is 0 Å². The summed E-state index contributed by atoms with van der Waals surface area (Å²) in [4.78, 5) is 11.3. The molecule has 0 unspecified atom stereocenters. The molecule has 0 spiro atoms. The fourth-order valence-electron chi connectivity index (χ4n) is 1.40. The van der Waals surface area contributed by atoms with Gasteiger partial charge < -0.3 is 16.3 Å². The molecule has 0 radical (unpaired) electrons. The van der Waals surface area contributed by atoms with Gasteiger partial charge in [-0.25, -0.2) is 0 Å². The van der Waals surface area contributed by atoms with Crippen molar-refractivity contribution in [3.8, 4) is 0 Å². The number of benzene rings is 1. The van der Waals surface area contributed by atoms with Gasteiger partial charge in [0.05, 0.1) is 5.69 Å². The van der Waals surface area contributed by atoms with E-state index in [9.17, 15) is 4.79 Å². The summed E-state index contributed by atoms with van der Waals surface area (Å²) in [5.41, 5.74) is 7.50. The average Bonchev–Trinajstić information content (AvgIpc) is 2.28. The van der Waals surface area contributed by atoms with E-state index >= 15 is 0 Å². The number of hydrogen-bond acceptors (Lipinski definition) is 3. The Morgan fingerprint density at radius 1 is 1.56 bits per heavy atom. The van der Waals surface area contributed by atoms with Crippen molar-refractivity contribution in [3.63, 3.8) is 0 Å². The first-order valence-electron chi connectivity index (χ1n) is 4.97. The van der Waals surface area contributed by atoms with Gasteiger partial charge >= 0.3 is 0 Å². The molecule has 16 heavy (non-hydrogen) atoms. The zero-order chi connectivity index (χ0) is 12.1. The highest BCUT2D eigenvalue weighted by Gasteiger charge is 2.11. The Morgan fingerprint density at radius 2 is 2.25 bits per heavy atom. The molecule has 0 aliphatic heterocycles. The summed E-state index contributed by atoms with van der Waals surface area (Å²) in [5, 5.41) is 14.3. The van der Waals surface area contributed by atoms with E-state index < -0.39 is 0 Å². The van der Waals surface area contributed by atoms with Crippen LogP contribution in [-0.4, -0.2) is 17.0 Å². The third kappa shape index (κ3) is 2.50. The third-order valence-corrected chi connectivity index (χ3v) is 2.23. The Morgan fingerprint density at radius 3 is 2.81 bits per heavy atom. The normalized spacial score (nSPS) is 11.2. The molecule has 0 heterocycles. The zero-order valence-corrected chi connectivity index (χ0v) is 9.32. The summed E-state index contributed by atoms with van der Waals surface area (Å²) in [6.07, 6.45) is 0.379. The Kier molecular flexibility index (Phi) is 3.88. The number of carbonyl (C=O) groups excluding carboxylic acids is 1. The lowest BCUT2D eigenvalue weighted by atomic mass is 10.1. The van der Waals surface area contributed by atoms with E-state index in [0.29, 0.717) is 17.7 Å². The molecule has 5 nitrogen and oxygen atoms in total. The molecule has 0 saturated heterocycles. The number of aryl methyl sites for hydroxylation is 1. The molecule has 0 atom stereocenters. The summed E-state index contributed by atoms with van der Waals surface area (Å²) in [6.45, 7) is 3.59. The molecule has 0 aromatic heterocycles. The molecule has 0 fully saturated rings. The number of nitrogens with zero attached hydrogens (tertiary/aromatic N) is 1. The van der Waals surface area contributed by atoms with Crippen molar-refractivity contribution in [1.29, 1.82) is 0 Å². The second kappa shape index (κ2) is 5.16. The van der Waals surface area contributed by atoms with E-state index in [0.717, 1.165) is 5.56 Å². The lowest BCUT2D eigenvalue weighted by molar-refractivity contribution is -0.115. The van der Waals surface area contributed by atoms with Crippen molar-refractivity contribution in [2.24, 2.45) is 10.9 Å². The molecule has 4 N–H and O–H groups in total. The second-order valence-corrected chi connectivity index (χ2v) is 3.38. The van der Waals surface area contributed by atoms with Crippen LogP contribution in [-0.2, 0) is 4.79 Å². The quantitative estimate of drug-likeness (QED) is 0.312. The van der Waals surface area contributed by atoms with Crippen molar-refractivity contribution < 1.29 is 10.0 Å². The fraction of sp³-hybridized carbons (Fsp3) is 0.273. The molecule has 86 valence electrons. The molecule has 0 aliphatic rings. The van der Waals surface area contributed by atoms with Crippen molar-refractivity contribution in [1.82, 2.24) is 0 Å². The Labute approximate surface area is 94.0 Å². The van der Waals surface area contributed by atoms with Gasteiger partial charge in [0.1, 0.15) is 0 Å². The minimum absolute atomic E-state index is 0.00972. The maximum atomic E-state index is 11.3. The summed E-state index contributed by atoms with van der Waals surface area (Å²) in [5.74, 6) is -0.123. The van der Waals surface area contributed by atoms with Crippen molar-refractivity contribution in [2.45, 2.75) is 20.3 Å². The summed E-state index contributed by atoms with van der Waals surface area (Å²) in [6, 6.07) is 5.34. The fourth-order valence-corrected chi connectivity index (χ4v) is 1.40. The van der Waals surface area contributed by atoms with Crippen LogP contribution in [0.25, 0.3) is 0 Å². The van der Waals surface area contributed by atoms with Crippen LogP contribution in [0, 0.1) is 6.92 Å². The Hall–Kier alpha value is -2.04. The standard InChI is InChI=1S/C11H15N3O2/c1-3-9(15)13-8-6-4-5-7(2)10(8)11(12)14-16/h4-6,16H,3H2,1-2H3,(H2,12,14)(H,13,15). The maximum Gasteiger partial charge on any atom is 0.224 e. The van der Waals surface area contributed by atoms with Crippen LogP contribution >= 0.6 is 0 Å². The number of rotatable bonds is 3. The number of nitrogens with one attached hydrogen (secondary N) is 1. The molecule has 0 bridgehead atoms. The van der Waals surface area contributed by atoms with Gasteiger partial charge in [0.15, 0.2) is 5.84 Å². The summed E-state index contributed by atoms with van der Waals surface area (Å²) >= 11 is 0. The Bertz CT molecular complexity index is 427. The van der Waals surface area contributed by atoms with Gasteiger partial charge in [0.25, 0.3) is 0 Å². The zero-order valence-electron chi connectivity index (χ0n) is 9.32.